The molecule has 14 heteroatoms. The molecule has 2 aliphatic rings. The van der Waals surface area contributed by atoms with Crippen molar-refractivity contribution in [2.75, 3.05) is 62.8 Å². The van der Waals surface area contributed by atoms with Crippen LogP contribution in [0.15, 0.2) is 57.0 Å². The van der Waals surface area contributed by atoms with Crippen LogP contribution in [-0.2, 0) is 22.4 Å². The summed E-state index contributed by atoms with van der Waals surface area (Å²) in [5.74, 6) is -0.960. The minimum absolute atomic E-state index is 0.0715. The average Bonchev–Trinajstić information content (AvgIpc) is 3.98. The highest BCUT2D eigenvalue weighted by Crippen LogP contribution is 2.38. The van der Waals surface area contributed by atoms with Crippen molar-refractivity contribution < 1.29 is 23.8 Å². The zero-order chi connectivity index (χ0) is 37.6. The molecule has 2 fully saturated rings. The summed E-state index contributed by atoms with van der Waals surface area (Å²) < 4.78 is 29.2. The molecule has 0 unspecified atom stereocenters. The number of pyridine rings is 1. The number of nitrogens with one attached hydrogen (secondary N) is 2. The van der Waals surface area contributed by atoms with E-state index >= 15 is 4.39 Å². The van der Waals surface area contributed by atoms with Gasteiger partial charge in [-0.2, -0.15) is 0 Å². The second kappa shape index (κ2) is 16.9. The third-order valence-electron chi connectivity index (χ3n) is 10.2. The predicted molar refractivity (Wildman–Crippen MR) is 202 cm³/mol. The highest BCUT2D eigenvalue weighted by molar-refractivity contribution is 5.94. The highest BCUT2D eigenvalue weighted by Gasteiger charge is 2.30. The molecule has 0 spiro atoms. The van der Waals surface area contributed by atoms with Crippen LogP contribution in [0.3, 0.4) is 0 Å². The number of rotatable bonds is 16. The van der Waals surface area contributed by atoms with Gasteiger partial charge in [-0.25, -0.2) is 14.0 Å². The predicted octanol–water partition coefficient (Wildman–Crippen LogP) is 4.10. The van der Waals surface area contributed by atoms with E-state index in [0.29, 0.717) is 49.6 Å². The summed E-state index contributed by atoms with van der Waals surface area (Å²) in [4.78, 5) is 59.0. The number of ether oxygens (including phenoxy) is 2. The van der Waals surface area contributed by atoms with Crippen molar-refractivity contribution in [3.05, 3.63) is 96.2 Å². The van der Waals surface area contributed by atoms with E-state index in [1.54, 1.807) is 6.07 Å². The molecule has 4 aromatic rings. The number of carbonyl (C=O) groups excluding carboxylic acids is 1. The van der Waals surface area contributed by atoms with E-state index in [9.17, 15) is 19.2 Å². The zero-order valence-electron chi connectivity index (χ0n) is 30.7. The summed E-state index contributed by atoms with van der Waals surface area (Å²) in [6.07, 6.45) is 5.62. The number of anilines is 3. The molecule has 0 bridgehead atoms. The van der Waals surface area contributed by atoms with Crippen LogP contribution in [0.4, 0.5) is 21.6 Å². The number of aryl methyl sites for hydroxylation is 2. The minimum Gasteiger partial charge on any atom is -0.459 e. The number of carbonyl (C=O) groups is 1. The van der Waals surface area contributed by atoms with Gasteiger partial charge in [0, 0.05) is 61.6 Å². The van der Waals surface area contributed by atoms with Gasteiger partial charge in [-0.3, -0.25) is 24.0 Å². The maximum atomic E-state index is 15.7. The molecular formula is C39H49FN6O7. The van der Waals surface area contributed by atoms with Gasteiger partial charge in [0.25, 0.3) is 5.56 Å². The molecule has 13 nitrogen and oxygen atoms in total. The molecule has 1 saturated heterocycles. The number of H-pyrrole nitrogens is 1. The Morgan fingerprint density at radius 1 is 1.04 bits per heavy atom. The average molecular weight is 733 g/mol. The van der Waals surface area contributed by atoms with E-state index in [4.69, 9.17) is 14.6 Å². The third-order valence-corrected chi connectivity index (χ3v) is 10.2. The number of fused-ring (bicyclic) bond motifs is 1. The van der Waals surface area contributed by atoms with E-state index in [1.165, 1.54) is 34.0 Å². The van der Waals surface area contributed by atoms with Gasteiger partial charge in [-0.05, 0) is 87.9 Å². The Hall–Kier alpha value is -4.79. The number of unbranched alkanes of at least 4 members (excludes halogenated alkanes) is 1. The molecule has 2 aromatic carbocycles. The summed E-state index contributed by atoms with van der Waals surface area (Å²) in [5.41, 5.74) is 2.66. The van der Waals surface area contributed by atoms with Gasteiger partial charge in [0.2, 0.25) is 5.43 Å². The van der Waals surface area contributed by atoms with E-state index in [-0.39, 0.29) is 55.0 Å². The lowest BCUT2D eigenvalue weighted by molar-refractivity contribution is 0.0256. The molecule has 1 atom stereocenters. The maximum absolute atomic E-state index is 15.7. The number of halogens is 1. The Kier molecular flexibility index (Phi) is 12.1. The molecule has 1 aliphatic heterocycles. The van der Waals surface area contributed by atoms with Gasteiger partial charge in [0.15, 0.2) is 0 Å². The van der Waals surface area contributed by atoms with Crippen LogP contribution < -0.4 is 26.9 Å². The number of esters is 1. The van der Waals surface area contributed by atoms with Crippen molar-refractivity contribution in [2.45, 2.75) is 71.5 Å². The third kappa shape index (κ3) is 8.89. The maximum Gasteiger partial charge on any atom is 0.343 e. The smallest absolute Gasteiger partial charge is 0.343 e. The van der Waals surface area contributed by atoms with Gasteiger partial charge in [-0.1, -0.05) is 13.0 Å². The van der Waals surface area contributed by atoms with Gasteiger partial charge >= 0.3 is 11.7 Å². The Labute approximate surface area is 306 Å². The number of aliphatic hydroxyl groups excluding tert-OH is 1. The van der Waals surface area contributed by atoms with Crippen LogP contribution in [0.5, 0.6) is 0 Å². The Morgan fingerprint density at radius 2 is 1.83 bits per heavy atom. The van der Waals surface area contributed by atoms with Crippen LogP contribution >= 0.6 is 0 Å². The summed E-state index contributed by atoms with van der Waals surface area (Å²) in [7, 11) is 0. The van der Waals surface area contributed by atoms with Crippen molar-refractivity contribution in [2.24, 2.45) is 0 Å². The monoisotopic (exact) mass is 732 g/mol. The van der Waals surface area contributed by atoms with Crippen LogP contribution in [0, 0.1) is 12.7 Å². The van der Waals surface area contributed by atoms with E-state index < -0.39 is 22.9 Å². The van der Waals surface area contributed by atoms with Crippen molar-refractivity contribution in [3.8, 4) is 0 Å². The van der Waals surface area contributed by atoms with Gasteiger partial charge in [0.05, 0.1) is 31.0 Å². The fourth-order valence-electron chi connectivity index (χ4n) is 7.05. The second-order valence-electron chi connectivity index (χ2n) is 13.9. The van der Waals surface area contributed by atoms with Crippen molar-refractivity contribution in [1.29, 1.82) is 0 Å². The molecule has 0 radical (unpaired) electrons. The molecular weight excluding hydrogens is 683 g/mol. The molecule has 3 N–H and O–H groups in total. The van der Waals surface area contributed by atoms with Gasteiger partial charge < -0.3 is 29.4 Å². The fraction of sp³-hybridized carbons (Fsp3) is 0.487. The Morgan fingerprint density at radius 3 is 2.55 bits per heavy atom. The van der Waals surface area contributed by atoms with E-state index in [0.717, 1.165) is 37.9 Å². The quantitative estimate of drug-likeness (QED) is 0.114. The Bertz CT molecular complexity index is 2090. The zero-order valence-corrected chi connectivity index (χ0v) is 30.7. The molecule has 53 heavy (non-hydrogen) atoms. The second-order valence-corrected chi connectivity index (χ2v) is 13.9. The summed E-state index contributed by atoms with van der Waals surface area (Å²) in [6, 6.07) is 10.5. The first kappa shape index (κ1) is 38.0. The molecule has 6 rings (SSSR count). The topological polar surface area (TPSA) is 151 Å². The highest BCUT2D eigenvalue weighted by atomic mass is 19.1. The number of aliphatic hydroxyl groups is 1. The van der Waals surface area contributed by atoms with Gasteiger partial charge in [-0.15, -0.1) is 0 Å². The van der Waals surface area contributed by atoms with Crippen molar-refractivity contribution in [3.63, 3.8) is 0 Å². The van der Waals surface area contributed by atoms with Crippen LogP contribution in [0.1, 0.15) is 67.1 Å². The Balaban J connectivity index is 1.05. The summed E-state index contributed by atoms with van der Waals surface area (Å²) in [6.45, 7) is 9.14. The fourth-order valence-corrected chi connectivity index (χ4v) is 7.05. The summed E-state index contributed by atoms with van der Waals surface area (Å²) >= 11 is 0. The lowest BCUT2D eigenvalue weighted by atomic mass is 10.1. The normalized spacial score (nSPS) is 16.3. The minimum atomic E-state index is -0.790. The lowest BCUT2D eigenvalue weighted by Crippen LogP contribution is -2.52. The first-order valence-electron chi connectivity index (χ1n) is 18.5. The van der Waals surface area contributed by atoms with Crippen LogP contribution in [-0.4, -0.2) is 88.7 Å². The first-order valence-corrected chi connectivity index (χ1v) is 18.5. The number of hydrogen-bond donors (Lipinski definition) is 3. The number of nitrogens with zero attached hydrogens (tertiary/aromatic N) is 4. The van der Waals surface area contributed by atoms with Crippen molar-refractivity contribution >= 4 is 34.1 Å². The van der Waals surface area contributed by atoms with Gasteiger partial charge in [0.1, 0.15) is 23.8 Å². The molecule has 1 aliphatic carbocycles. The summed E-state index contributed by atoms with van der Waals surface area (Å²) in [5, 5.41) is 12.1. The van der Waals surface area contributed by atoms with Crippen LogP contribution in [0.2, 0.25) is 0 Å². The number of piperazine rings is 1. The van der Waals surface area contributed by atoms with E-state index in [1.807, 2.05) is 27.7 Å². The lowest BCUT2D eigenvalue weighted by Gasteiger charge is -2.41. The molecule has 3 heterocycles. The van der Waals surface area contributed by atoms with Crippen molar-refractivity contribution in [1.82, 2.24) is 19.0 Å². The number of aromatic nitrogens is 3. The van der Waals surface area contributed by atoms with E-state index in [2.05, 4.69) is 36.0 Å². The molecule has 1 saturated carbocycles. The number of benzene rings is 2. The van der Waals surface area contributed by atoms with Crippen LogP contribution in [0.25, 0.3) is 10.9 Å². The molecule has 2 aromatic heterocycles. The number of aromatic amines is 1. The standard InChI is InChI=1S/C39H49FN6O7/c1-4-27-19-28(8-7-25(27)2)41-35-22-36(48)45(39(51)42-35)12-6-5-11-43-13-14-44(23-26(43)3)34-21-33-30(20-32(34)40)37(49)31(24-46(33)29-9-10-29)38(50)53-18-17-52-16-15-47/h7-8,19-22,24,26,29,41,47H,4-6,9-18,23H2,1-3H3,(H,42,51)/t26-/m0/s1. The molecule has 0 amide bonds. The molecule has 284 valence electrons. The largest absolute Gasteiger partial charge is 0.459 e. The number of hydrogen-bond acceptors (Lipinski definition) is 10. The first-order chi connectivity index (χ1) is 25.6. The SMILES string of the molecule is CCc1cc(Nc2cc(=O)n(CCCCN3CCN(c4cc5c(cc4F)c(=O)c(C(=O)OCCOCCO)cn5C4CC4)C[C@@H]3C)c(=O)[nH]2)ccc1C.